The summed E-state index contributed by atoms with van der Waals surface area (Å²) in [6.45, 7) is 0.369. The molecule has 32 heavy (non-hydrogen) atoms. The molecule has 160 valence electrons. The lowest BCUT2D eigenvalue weighted by molar-refractivity contribution is 0.105. The molecule has 0 aliphatic heterocycles. The molecular formula is C28H24O3S. The smallest absolute Gasteiger partial charge is 0.195 e. The molecule has 1 aliphatic rings. The van der Waals surface area contributed by atoms with Crippen molar-refractivity contribution in [1.29, 1.82) is 0 Å². The molecule has 4 aromatic rings. The first-order valence-corrected chi connectivity index (χ1v) is 11.7. The van der Waals surface area contributed by atoms with Crippen LogP contribution in [0.3, 0.4) is 0 Å². The van der Waals surface area contributed by atoms with Gasteiger partial charge in [-0.15, -0.1) is 11.3 Å². The molecule has 1 aliphatic carbocycles. The molecule has 0 saturated carbocycles. The van der Waals surface area contributed by atoms with Gasteiger partial charge in [-0.2, -0.15) is 0 Å². The van der Waals surface area contributed by atoms with Crippen LogP contribution in [0.2, 0.25) is 0 Å². The molecule has 0 fully saturated rings. The highest BCUT2D eigenvalue weighted by Crippen LogP contribution is 2.27. The summed E-state index contributed by atoms with van der Waals surface area (Å²) < 4.78 is 11.7. The van der Waals surface area contributed by atoms with Gasteiger partial charge in [0, 0.05) is 11.3 Å². The van der Waals surface area contributed by atoms with Crippen LogP contribution < -0.4 is 4.74 Å². The van der Waals surface area contributed by atoms with E-state index < -0.39 is 0 Å². The monoisotopic (exact) mass is 440 g/mol. The zero-order valence-corrected chi connectivity index (χ0v) is 18.6. The predicted octanol–water partition coefficient (Wildman–Crippen LogP) is 6.90. The second kappa shape index (κ2) is 9.41. The Bertz CT molecular complexity index is 1250. The van der Waals surface area contributed by atoms with Crippen LogP contribution in [-0.2, 0) is 25.9 Å². The van der Waals surface area contributed by atoms with Crippen molar-refractivity contribution in [2.45, 2.75) is 32.3 Å². The number of carbonyl (C=O) groups is 1. The average molecular weight is 441 g/mol. The second-order valence-corrected chi connectivity index (χ2v) is 9.17. The summed E-state index contributed by atoms with van der Waals surface area (Å²) >= 11 is 1.54. The molecule has 4 heteroatoms. The minimum atomic E-state index is -0.0124. The summed E-state index contributed by atoms with van der Waals surface area (Å²) in [7, 11) is 0. The Hall–Kier alpha value is -3.37. The number of rotatable bonds is 8. The van der Waals surface area contributed by atoms with E-state index in [0.717, 1.165) is 29.2 Å². The fraction of sp³-hybridized carbons (Fsp3) is 0.179. The van der Waals surface area contributed by atoms with Gasteiger partial charge < -0.3 is 9.15 Å². The van der Waals surface area contributed by atoms with Crippen LogP contribution in [0.4, 0.5) is 0 Å². The lowest BCUT2D eigenvalue weighted by Crippen LogP contribution is -1.94. The summed E-state index contributed by atoms with van der Waals surface area (Å²) in [6, 6.07) is 24.3. The van der Waals surface area contributed by atoms with Gasteiger partial charge in [-0.1, -0.05) is 36.4 Å². The van der Waals surface area contributed by atoms with Gasteiger partial charge in [-0.05, 0) is 84.5 Å². The molecule has 2 heterocycles. The molecule has 0 bridgehead atoms. The van der Waals surface area contributed by atoms with Crippen LogP contribution in [0.5, 0.6) is 5.75 Å². The average Bonchev–Trinajstić information content (AvgIpc) is 3.57. The predicted molar refractivity (Wildman–Crippen MR) is 128 cm³/mol. The van der Waals surface area contributed by atoms with Gasteiger partial charge in [0.25, 0.3) is 0 Å². The van der Waals surface area contributed by atoms with Crippen LogP contribution in [0, 0.1) is 0 Å². The Balaban J connectivity index is 1.16. The van der Waals surface area contributed by atoms with Crippen molar-refractivity contribution in [2.75, 3.05) is 0 Å². The number of furan rings is 1. The largest absolute Gasteiger partial charge is 0.486 e. The first-order chi connectivity index (χ1) is 15.7. The first-order valence-electron chi connectivity index (χ1n) is 10.9. The van der Waals surface area contributed by atoms with E-state index in [1.165, 1.54) is 45.7 Å². The van der Waals surface area contributed by atoms with Crippen molar-refractivity contribution < 1.29 is 13.9 Å². The van der Waals surface area contributed by atoms with E-state index in [4.69, 9.17) is 9.15 Å². The number of thiophene rings is 1. The molecule has 2 aromatic heterocycles. The number of aryl methyl sites for hydroxylation is 2. The van der Waals surface area contributed by atoms with Gasteiger partial charge in [0.05, 0.1) is 4.88 Å². The Labute approximate surface area is 192 Å². The number of ether oxygens (including phenoxy) is 1. The number of hydrogen-bond donors (Lipinski definition) is 0. The van der Waals surface area contributed by atoms with Crippen LogP contribution in [0.25, 0.3) is 6.08 Å². The van der Waals surface area contributed by atoms with Gasteiger partial charge in [-0.25, -0.2) is 0 Å². The summed E-state index contributed by atoms with van der Waals surface area (Å²) in [4.78, 5) is 14.5. The second-order valence-electron chi connectivity index (χ2n) is 8.00. The third-order valence-corrected chi connectivity index (χ3v) is 6.76. The zero-order chi connectivity index (χ0) is 21.8. The number of ketones is 1. The highest BCUT2D eigenvalue weighted by Gasteiger charge is 2.12. The molecule has 0 spiro atoms. The minimum Gasteiger partial charge on any atom is -0.486 e. The summed E-state index contributed by atoms with van der Waals surface area (Å²) in [5.41, 5.74) is 4.07. The molecule has 2 aromatic carbocycles. The number of carbonyl (C=O) groups excluding carboxylic acids is 1. The van der Waals surface area contributed by atoms with E-state index in [1.54, 1.807) is 12.2 Å². The molecule has 5 rings (SSSR count). The van der Waals surface area contributed by atoms with Crippen molar-refractivity contribution >= 4 is 23.2 Å². The van der Waals surface area contributed by atoms with E-state index >= 15 is 0 Å². The van der Waals surface area contributed by atoms with Gasteiger partial charge in [0.2, 0.25) is 0 Å². The van der Waals surface area contributed by atoms with Crippen molar-refractivity contribution in [3.8, 4) is 5.75 Å². The molecule has 0 N–H and O–H groups in total. The fourth-order valence-electron chi connectivity index (χ4n) is 4.00. The molecular weight excluding hydrogens is 416 g/mol. The third kappa shape index (κ3) is 4.92. The fourth-order valence-corrected chi connectivity index (χ4v) is 4.96. The van der Waals surface area contributed by atoms with Crippen LogP contribution >= 0.6 is 11.3 Å². The van der Waals surface area contributed by atoms with E-state index in [2.05, 4.69) is 24.3 Å². The van der Waals surface area contributed by atoms with Gasteiger partial charge in [0.1, 0.15) is 23.9 Å². The summed E-state index contributed by atoms with van der Waals surface area (Å²) in [6.07, 6.45) is 7.66. The van der Waals surface area contributed by atoms with E-state index in [1.807, 2.05) is 48.5 Å². The maximum absolute atomic E-state index is 12.6. The highest BCUT2D eigenvalue weighted by molar-refractivity contribution is 7.14. The van der Waals surface area contributed by atoms with Crippen LogP contribution in [0.1, 0.15) is 49.2 Å². The van der Waals surface area contributed by atoms with E-state index in [0.29, 0.717) is 12.4 Å². The standard InChI is InChI=1S/C28H24O3S/c29-27(28-16-14-26(32-28)17-20-5-2-1-3-6-20)15-13-23-11-12-25(31-23)19-30-24-10-9-21-7-4-8-22(21)18-24/h1-3,5-6,9-16,18H,4,7-8,17,19H2/b15-13+. The molecule has 0 saturated heterocycles. The van der Waals surface area contributed by atoms with Gasteiger partial charge in [0.15, 0.2) is 5.78 Å². The van der Waals surface area contributed by atoms with Gasteiger partial charge >= 0.3 is 0 Å². The molecule has 0 radical (unpaired) electrons. The third-order valence-electron chi connectivity index (χ3n) is 5.66. The van der Waals surface area contributed by atoms with Crippen molar-refractivity contribution in [1.82, 2.24) is 0 Å². The van der Waals surface area contributed by atoms with Crippen molar-refractivity contribution in [3.63, 3.8) is 0 Å². The van der Waals surface area contributed by atoms with Gasteiger partial charge in [-0.3, -0.25) is 4.79 Å². The Kier molecular flexibility index (Phi) is 6.04. The normalized spacial score (nSPS) is 12.9. The lowest BCUT2D eigenvalue weighted by atomic mass is 10.1. The molecule has 0 amide bonds. The maximum Gasteiger partial charge on any atom is 0.195 e. The quantitative estimate of drug-likeness (QED) is 0.221. The van der Waals surface area contributed by atoms with Crippen molar-refractivity contribution in [3.05, 3.63) is 117 Å². The number of allylic oxidation sites excluding steroid dienone is 1. The Morgan fingerprint density at radius 3 is 2.75 bits per heavy atom. The van der Waals surface area contributed by atoms with E-state index in [9.17, 15) is 4.79 Å². The molecule has 3 nitrogen and oxygen atoms in total. The number of fused-ring (bicyclic) bond motifs is 1. The lowest BCUT2D eigenvalue weighted by Gasteiger charge is -2.06. The zero-order valence-electron chi connectivity index (χ0n) is 17.8. The number of hydrogen-bond acceptors (Lipinski definition) is 4. The topological polar surface area (TPSA) is 39.4 Å². The van der Waals surface area contributed by atoms with E-state index in [-0.39, 0.29) is 5.78 Å². The maximum atomic E-state index is 12.6. The molecule has 0 unspecified atom stereocenters. The van der Waals surface area contributed by atoms with Crippen LogP contribution in [0.15, 0.2) is 83.3 Å². The Morgan fingerprint density at radius 1 is 0.969 bits per heavy atom. The molecule has 0 atom stereocenters. The summed E-state index contributed by atoms with van der Waals surface area (Å²) in [5, 5.41) is 0. The Morgan fingerprint density at radius 2 is 1.84 bits per heavy atom. The minimum absolute atomic E-state index is 0.0124. The SMILES string of the molecule is O=C(/C=C/c1ccc(COc2ccc3c(c2)CCC3)o1)c1ccc(Cc2ccccc2)s1. The highest BCUT2D eigenvalue weighted by atomic mass is 32.1. The van der Waals surface area contributed by atoms with Crippen molar-refractivity contribution in [2.24, 2.45) is 0 Å². The summed E-state index contributed by atoms with van der Waals surface area (Å²) in [5.74, 6) is 2.24. The first kappa shape index (κ1) is 20.5. The van der Waals surface area contributed by atoms with Crippen LogP contribution in [-0.4, -0.2) is 5.78 Å². The number of benzene rings is 2.